The number of non-ortho nitro benzene ring substituents is 2. The number of hydrogen-bond acceptors (Lipinski definition) is 5. The van der Waals surface area contributed by atoms with Crippen molar-refractivity contribution < 1.29 is 40.9 Å². The summed E-state index contributed by atoms with van der Waals surface area (Å²) in [6, 6.07) is 8.00. The Labute approximate surface area is 202 Å². The SMILES string of the molecule is O=[N+]([O-])c1ccc(Oc2ccc([N+](=O)[O-])cc2-c2cc(F)c(F)c(F)c2)c(-c2cc(F)c(F)c(F)c2)c1. The highest BCUT2D eigenvalue weighted by Gasteiger charge is 2.22. The molecule has 0 saturated heterocycles. The number of benzene rings is 4. The van der Waals surface area contributed by atoms with E-state index in [1.807, 2.05) is 0 Å². The zero-order valence-corrected chi connectivity index (χ0v) is 18.0. The molecule has 0 aliphatic carbocycles. The van der Waals surface area contributed by atoms with Crippen molar-refractivity contribution >= 4 is 11.4 Å². The Bertz CT molecular complexity index is 1430. The maximum Gasteiger partial charge on any atom is 0.270 e. The lowest BCUT2D eigenvalue weighted by molar-refractivity contribution is -0.385. The zero-order chi connectivity index (χ0) is 27.0. The van der Waals surface area contributed by atoms with Gasteiger partial charge in [0.25, 0.3) is 11.4 Å². The van der Waals surface area contributed by atoms with Crippen molar-refractivity contribution in [1.29, 1.82) is 0 Å². The van der Waals surface area contributed by atoms with Crippen LogP contribution in [0.3, 0.4) is 0 Å². The number of ether oxygens (including phenoxy) is 1. The molecule has 0 aliphatic rings. The molecule has 0 spiro atoms. The average Bonchev–Trinajstić information content (AvgIpc) is 2.85. The van der Waals surface area contributed by atoms with Crippen molar-refractivity contribution in [2.24, 2.45) is 0 Å². The molecule has 0 radical (unpaired) electrons. The van der Waals surface area contributed by atoms with E-state index in [0.717, 1.165) is 36.4 Å². The van der Waals surface area contributed by atoms with E-state index in [1.165, 1.54) is 0 Å². The summed E-state index contributed by atoms with van der Waals surface area (Å²) in [5.74, 6) is -10.5. The van der Waals surface area contributed by atoms with Gasteiger partial charge >= 0.3 is 0 Å². The minimum atomic E-state index is -1.78. The highest BCUT2D eigenvalue weighted by atomic mass is 19.2. The van der Waals surface area contributed by atoms with Gasteiger partial charge in [0.05, 0.1) is 9.85 Å². The molecule has 37 heavy (non-hydrogen) atoms. The summed E-state index contributed by atoms with van der Waals surface area (Å²) in [4.78, 5) is 20.9. The third-order valence-electron chi connectivity index (χ3n) is 5.16. The lowest BCUT2D eigenvalue weighted by Gasteiger charge is -2.15. The molecule has 0 aliphatic heterocycles. The standard InChI is InChI=1S/C24H10F6N2O5/c25-17-5-11(6-18(26)23(17)29)15-9-13(31(33)34)1-3-21(15)37-22-4-2-14(32(35)36)10-16(22)12-7-19(27)24(30)20(28)8-12/h1-10H. The lowest BCUT2D eigenvalue weighted by atomic mass is 10.0. The van der Waals surface area contributed by atoms with E-state index in [1.54, 1.807) is 0 Å². The maximum atomic E-state index is 13.9. The van der Waals surface area contributed by atoms with Crippen molar-refractivity contribution in [2.45, 2.75) is 0 Å². The topological polar surface area (TPSA) is 95.5 Å². The summed E-state index contributed by atoms with van der Waals surface area (Å²) in [7, 11) is 0. The average molecular weight is 520 g/mol. The van der Waals surface area contributed by atoms with Crippen molar-refractivity contribution in [3.63, 3.8) is 0 Å². The molecule has 4 aromatic rings. The second-order valence-corrected chi connectivity index (χ2v) is 7.48. The van der Waals surface area contributed by atoms with Crippen LogP contribution in [-0.4, -0.2) is 9.85 Å². The van der Waals surface area contributed by atoms with Gasteiger partial charge in [-0.2, -0.15) is 0 Å². The largest absolute Gasteiger partial charge is 0.456 e. The van der Waals surface area contributed by atoms with Gasteiger partial charge in [-0.05, 0) is 47.5 Å². The van der Waals surface area contributed by atoms with E-state index in [2.05, 4.69) is 0 Å². The summed E-state index contributed by atoms with van der Waals surface area (Å²) in [6.45, 7) is 0. The van der Waals surface area contributed by atoms with Crippen LogP contribution in [0.2, 0.25) is 0 Å². The fraction of sp³-hybridized carbons (Fsp3) is 0. The first-order valence-electron chi connectivity index (χ1n) is 10.0. The molecule has 7 nitrogen and oxygen atoms in total. The van der Waals surface area contributed by atoms with Gasteiger partial charge in [-0.1, -0.05) is 0 Å². The Balaban J connectivity index is 1.92. The third-order valence-corrected chi connectivity index (χ3v) is 5.16. The van der Waals surface area contributed by atoms with Crippen LogP contribution in [0.1, 0.15) is 0 Å². The summed E-state index contributed by atoms with van der Waals surface area (Å²) in [5, 5.41) is 22.5. The molecule has 0 atom stereocenters. The van der Waals surface area contributed by atoms with Gasteiger partial charge in [-0.15, -0.1) is 0 Å². The summed E-state index contributed by atoms with van der Waals surface area (Å²) < 4.78 is 88.3. The first-order chi connectivity index (χ1) is 17.5. The van der Waals surface area contributed by atoms with E-state index < -0.39 is 56.1 Å². The van der Waals surface area contributed by atoms with E-state index in [4.69, 9.17) is 4.74 Å². The van der Waals surface area contributed by atoms with Crippen molar-refractivity contribution in [2.75, 3.05) is 0 Å². The van der Waals surface area contributed by atoms with Gasteiger partial charge in [0, 0.05) is 35.4 Å². The number of nitro groups is 2. The van der Waals surface area contributed by atoms with Crippen LogP contribution in [0.25, 0.3) is 22.3 Å². The van der Waals surface area contributed by atoms with Crippen LogP contribution in [0, 0.1) is 55.1 Å². The van der Waals surface area contributed by atoms with E-state index in [-0.39, 0.29) is 33.8 Å². The van der Waals surface area contributed by atoms with Crippen LogP contribution in [0.5, 0.6) is 11.5 Å². The normalized spacial score (nSPS) is 10.9. The summed E-state index contributed by atoms with van der Waals surface area (Å²) in [5.41, 5.74) is -2.35. The number of nitrogens with zero attached hydrogens (tertiary/aromatic N) is 2. The smallest absolute Gasteiger partial charge is 0.270 e. The molecule has 0 heterocycles. The molecular weight excluding hydrogens is 510 g/mol. The second-order valence-electron chi connectivity index (χ2n) is 7.48. The monoisotopic (exact) mass is 520 g/mol. The fourth-order valence-electron chi connectivity index (χ4n) is 3.43. The molecule has 0 aromatic heterocycles. The van der Waals surface area contributed by atoms with Crippen molar-refractivity contribution in [3.05, 3.63) is 116 Å². The van der Waals surface area contributed by atoms with Gasteiger partial charge in [0.2, 0.25) is 0 Å². The van der Waals surface area contributed by atoms with Crippen LogP contribution in [-0.2, 0) is 0 Å². The predicted molar refractivity (Wildman–Crippen MR) is 117 cm³/mol. The molecule has 0 unspecified atom stereocenters. The Hall–Kier alpha value is -4.94. The molecular formula is C24H10F6N2O5. The summed E-state index contributed by atoms with van der Waals surface area (Å²) >= 11 is 0. The van der Waals surface area contributed by atoms with Crippen molar-refractivity contribution in [1.82, 2.24) is 0 Å². The predicted octanol–water partition coefficient (Wildman–Crippen LogP) is 7.46. The zero-order valence-electron chi connectivity index (χ0n) is 18.0. The second kappa shape index (κ2) is 9.60. The highest BCUT2D eigenvalue weighted by molar-refractivity contribution is 5.77. The molecule has 0 N–H and O–H groups in total. The van der Waals surface area contributed by atoms with E-state index in [9.17, 15) is 46.6 Å². The molecule has 4 rings (SSSR count). The number of hydrogen-bond donors (Lipinski definition) is 0. The number of nitro benzene ring substituents is 2. The van der Waals surface area contributed by atoms with Gasteiger partial charge in [0.1, 0.15) is 11.5 Å². The first kappa shape index (κ1) is 25.2. The van der Waals surface area contributed by atoms with Crippen LogP contribution < -0.4 is 4.74 Å². The molecule has 13 heteroatoms. The molecule has 0 amide bonds. The first-order valence-corrected chi connectivity index (χ1v) is 10.0. The lowest BCUT2D eigenvalue weighted by Crippen LogP contribution is -1.98. The van der Waals surface area contributed by atoms with Crippen LogP contribution >= 0.6 is 0 Å². The van der Waals surface area contributed by atoms with Crippen LogP contribution in [0.15, 0.2) is 60.7 Å². The van der Waals surface area contributed by atoms with E-state index in [0.29, 0.717) is 24.3 Å². The third kappa shape index (κ3) is 4.91. The molecule has 0 fully saturated rings. The van der Waals surface area contributed by atoms with Gasteiger partial charge < -0.3 is 4.74 Å². The van der Waals surface area contributed by atoms with Gasteiger partial charge in [0.15, 0.2) is 34.9 Å². The minimum absolute atomic E-state index is 0.284. The minimum Gasteiger partial charge on any atom is -0.456 e. The maximum absolute atomic E-state index is 13.9. The molecule has 4 aromatic carbocycles. The highest BCUT2D eigenvalue weighted by Crippen LogP contribution is 2.41. The van der Waals surface area contributed by atoms with Crippen LogP contribution in [0.4, 0.5) is 37.7 Å². The Morgan fingerprint density at radius 2 is 0.865 bits per heavy atom. The molecule has 0 saturated carbocycles. The molecule has 0 bridgehead atoms. The Morgan fingerprint density at radius 3 is 1.16 bits per heavy atom. The molecule has 188 valence electrons. The van der Waals surface area contributed by atoms with Gasteiger partial charge in [-0.25, -0.2) is 26.3 Å². The Morgan fingerprint density at radius 1 is 0.541 bits per heavy atom. The summed E-state index contributed by atoms with van der Waals surface area (Å²) in [6.07, 6.45) is 0. The number of rotatable bonds is 6. The fourth-order valence-corrected chi connectivity index (χ4v) is 3.43. The number of halogens is 6. The van der Waals surface area contributed by atoms with Gasteiger partial charge in [-0.3, -0.25) is 20.2 Å². The quantitative estimate of drug-likeness (QED) is 0.114. The van der Waals surface area contributed by atoms with E-state index >= 15 is 0 Å². The Kier molecular flexibility index (Phi) is 6.53. The van der Waals surface area contributed by atoms with Crippen molar-refractivity contribution in [3.8, 4) is 33.8 Å².